The minimum Gasteiger partial charge on any atom is -0.463 e. The van der Waals surface area contributed by atoms with Gasteiger partial charge in [-0.2, -0.15) is 0 Å². The largest absolute Gasteiger partial charge is 0.463 e. The van der Waals surface area contributed by atoms with E-state index in [1.165, 1.54) is 0 Å². The van der Waals surface area contributed by atoms with E-state index in [-0.39, 0.29) is 0 Å². The van der Waals surface area contributed by atoms with Crippen LogP contribution in [0.1, 0.15) is 20.8 Å². The molecule has 0 aromatic rings. The smallest absolute Gasteiger partial charge is 0.303 e. The van der Waals surface area contributed by atoms with Crippen molar-refractivity contribution in [3.8, 4) is 0 Å². The SMILES string of the molecule is CC(=O)OC[C@H]1O[C@H](O)[C@H](F)[C@@H](OC(C)=O)[C@@H]1OC(C)=O. The number of aliphatic hydroxyl groups excluding tert-OH is 1. The molecule has 9 heteroatoms. The summed E-state index contributed by atoms with van der Waals surface area (Å²) < 4.78 is 33.2. The monoisotopic (exact) mass is 308 g/mol. The molecule has 1 saturated heterocycles. The van der Waals surface area contributed by atoms with Gasteiger partial charge in [0.2, 0.25) is 0 Å². The first kappa shape index (κ1) is 17.3. The highest BCUT2D eigenvalue weighted by Gasteiger charge is 2.50. The molecule has 0 aliphatic carbocycles. The first-order valence-corrected chi connectivity index (χ1v) is 6.17. The van der Waals surface area contributed by atoms with Crippen molar-refractivity contribution in [1.29, 1.82) is 0 Å². The van der Waals surface area contributed by atoms with Gasteiger partial charge in [0.15, 0.2) is 24.7 Å². The molecule has 0 saturated carbocycles. The van der Waals surface area contributed by atoms with E-state index < -0.39 is 55.3 Å². The van der Waals surface area contributed by atoms with E-state index in [0.29, 0.717) is 0 Å². The van der Waals surface area contributed by atoms with Crippen molar-refractivity contribution in [2.75, 3.05) is 6.61 Å². The summed E-state index contributed by atoms with van der Waals surface area (Å²) in [4.78, 5) is 32.9. The van der Waals surface area contributed by atoms with Gasteiger partial charge in [-0.25, -0.2) is 4.39 Å². The molecule has 0 unspecified atom stereocenters. The summed E-state index contributed by atoms with van der Waals surface area (Å²) in [5.41, 5.74) is 0. The highest BCUT2D eigenvalue weighted by molar-refractivity contribution is 5.67. The second-order valence-corrected chi connectivity index (χ2v) is 4.46. The van der Waals surface area contributed by atoms with Gasteiger partial charge >= 0.3 is 17.9 Å². The molecule has 0 amide bonds. The summed E-state index contributed by atoms with van der Waals surface area (Å²) in [6.07, 6.45) is -8.07. The molecule has 0 bridgehead atoms. The molecule has 1 fully saturated rings. The number of aliphatic hydroxyl groups is 1. The molecule has 1 aliphatic rings. The van der Waals surface area contributed by atoms with Crippen molar-refractivity contribution in [2.24, 2.45) is 0 Å². The van der Waals surface area contributed by atoms with Gasteiger partial charge in [0.1, 0.15) is 12.7 Å². The number of esters is 3. The van der Waals surface area contributed by atoms with E-state index in [9.17, 15) is 23.9 Å². The highest BCUT2D eigenvalue weighted by atomic mass is 19.1. The van der Waals surface area contributed by atoms with Gasteiger partial charge in [0.25, 0.3) is 0 Å². The first-order valence-electron chi connectivity index (χ1n) is 6.17. The maximum Gasteiger partial charge on any atom is 0.303 e. The van der Waals surface area contributed by atoms with E-state index >= 15 is 0 Å². The topological polar surface area (TPSA) is 108 Å². The molecule has 21 heavy (non-hydrogen) atoms. The van der Waals surface area contributed by atoms with Crippen molar-refractivity contribution in [1.82, 2.24) is 0 Å². The number of carbonyl (C=O) groups is 3. The molecule has 120 valence electrons. The fraction of sp³-hybridized carbons (Fsp3) is 0.750. The van der Waals surface area contributed by atoms with Crippen LogP contribution in [0, 0.1) is 0 Å². The lowest BCUT2D eigenvalue weighted by Crippen LogP contribution is -2.59. The minimum absolute atomic E-state index is 0.394. The number of carbonyl (C=O) groups excluding carboxylic acids is 3. The average molecular weight is 308 g/mol. The zero-order chi connectivity index (χ0) is 16.2. The summed E-state index contributed by atoms with van der Waals surface area (Å²) in [6, 6.07) is 0. The molecule has 0 radical (unpaired) electrons. The van der Waals surface area contributed by atoms with Crippen LogP contribution < -0.4 is 0 Å². The maximum absolute atomic E-state index is 13.9. The summed E-state index contributed by atoms with van der Waals surface area (Å²) >= 11 is 0. The lowest BCUT2D eigenvalue weighted by molar-refractivity contribution is -0.279. The van der Waals surface area contributed by atoms with Crippen LogP contribution in [0.4, 0.5) is 4.39 Å². The van der Waals surface area contributed by atoms with Crippen molar-refractivity contribution < 1.29 is 42.8 Å². The third kappa shape index (κ3) is 4.94. The predicted octanol–water partition coefficient (Wildman–Crippen LogP) is -0.532. The van der Waals surface area contributed by atoms with E-state index in [2.05, 4.69) is 0 Å². The van der Waals surface area contributed by atoms with E-state index in [0.717, 1.165) is 20.8 Å². The zero-order valence-electron chi connectivity index (χ0n) is 11.8. The van der Waals surface area contributed by atoms with Crippen LogP contribution >= 0.6 is 0 Å². The number of hydrogen-bond acceptors (Lipinski definition) is 8. The summed E-state index contributed by atoms with van der Waals surface area (Å²) in [7, 11) is 0. The van der Waals surface area contributed by atoms with Crippen molar-refractivity contribution in [3.05, 3.63) is 0 Å². The van der Waals surface area contributed by atoms with E-state index in [1.807, 2.05) is 0 Å². The second kappa shape index (κ2) is 7.32. The van der Waals surface area contributed by atoms with E-state index in [1.54, 1.807) is 0 Å². The summed E-state index contributed by atoms with van der Waals surface area (Å²) in [5, 5.41) is 9.48. The van der Waals surface area contributed by atoms with Gasteiger partial charge < -0.3 is 24.1 Å². The van der Waals surface area contributed by atoms with Crippen LogP contribution in [0.5, 0.6) is 0 Å². The number of halogens is 1. The molecule has 1 aliphatic heterocycles. The molecule has 0 spiro atoms. The Morgan fingerprint density at radius 2 is 1.57 bits per heavy atom. The Labute approximate surface area is 120 Å². The fourth-order valence-corrected chi connectivity index (χ4v) is 1.88. The van der Waals surface area contributed by atoms with Gasteiger partial charge in [-0.3, -0.25) is 14.4 Å². The molecule has 1 N–H and O–H groups in total. The second-order valence-electron chi connectivity index (χ2n) is 4.46. The zero-order valence-corrected chi connectivity index (χ0v) is 11.8. The van der Waals surface area contributed by atoms with Crippen LogP contribution in [0.2, 0.25) is 0 Å². The molecule has 8 nitrogen and oxygen atoms in total. The lowest BCUT2D eigenvalue weighted by Gasteiger charge is -2.40. The average Bonchev–Trinajstić information content (AvgIpc) is 2.35. The molecule has 1 heterocycles. The molecular formula is C12H17FO8. The third-order valence-electron chi connectivity index (χ3n) is 2.65. The van der Waals surface area contributed by atoms with Gasteiger partial charge in [0.05, 0.1) is 0 Å². The Morgan fingerprint density at radius 3 is 2.05 bits per heavy atom. The number of alkyl halides is 1. The summed E-state index contributed by atoms with van der Waals surface area (Å²) in [5.74, 6) is -2.22. The number of ether oxygens (including phenoxy) is 4. The Balaban J connectivity index is 2.94. The van der Waals surface area contributed by atoms with Crippen LogP contribution in [0.15, 0.2) is 0 Å². The quantitative estimate of drug-likeness (QED) is 0.545. The Kier molecular flexibility index (Phi) is 6.03. The van der Waals surface area contributed by atoms with Crippen molar-refractivity contribution in [3.63, 3.8) is 0 Å². The Hall–Kier alpha value is -1.74. The Bertz CT molecular complexity index is 412. The van der Waals surface area contributed by atoms with Gasteiger partial charge in [-0.1, -0.05) is 0 Å². The van der Waals surface area contributed by atoms with E-state index in [4.69, 9.17) is 18.9 Å². The maximum atomic E-state index is 13.9. The minimum atomic E-state index is -2.10. The number of rotatable bonds is 4. The lowest BCUT2D eigenvalue weighted by atomic mass is 9.99. The third-order valence-corrected chi connectivity index (χ3v) is 2.65. The van der Waals surface area contributed by atoms with Crippen molar-refractivity contribution in [2.45, 2.75) is 51.5 Å². The Morgan fingerprint density at radius 1 is 1.05 bits per heavy atom. The van der Waals surface area contributed by atoms with Crippen LogP contribution in [0.25, 0.3) is 0 Å². The van der Waals surface area contributed by atoms with Crippen LogP contribution in [-0.4, -0.2) is 60.4 Å². The van der Waals surface area contributed by atoms with Gasteiger partial charge in [0, 0.05) is 20.8 Å². The van der Waals surface area contributed by atoms with Crippen LogP contribution in [-0.2, 0) is 33.3 Å². The van der Waals surface area contributed by atoms with Gasteiger partial charge in [-0.05, 0) is 0 Å². The first-order chi connectivity index (χ1) is 9.72. The standard InChI is InChI=1S/C12H17FO8/c1-5(14)18-4-8-10(19-6(2)15)11(20-7(3)16)9(13)12(17)21-8/h8-12,17H,4H2,1-3H3/t8-,9-,10-,11-,12+/m1/s1. The molecular weight excluding hydrogens is 291 g/mol. The predicted molar refractivity (Wildman–Crippen MR) is 63.5 cm³/mol. The summed E-state index contributed by atoms with van der Waals surface area (Å²) in [6.45, 7) is 2.86. The number of hydrogen-bond donors (Lipinski definition) is 1. The molecule has 1 rings (SSSR count). The molecule has 5 atom stereocenters. The normalized spacial score (nSPS) is 32.1. The molecule has 0 aromatic carbocycles. The van der Waals surface area contributed by atoms with Gasteiger partial charge in [-0.15, -0.1) is 0 Å². The fourth-order valence-electron chi connectivity index (χ4n) is 1.88. The highest BCUT2D eigenvalue weighted by Crippen LogP contribution is 2.27. The van der Waals surface area contributed by atoms with Crippen molar-refractivity contribution >= 4 is 17.9 Å². The molecule has 0 aromatic heterocycles. The van der Waals surface area contributed by atoms with Crippen LogP contribution in [0.3, 0.4) is 0 Å².